The van der Waals surface area contributed by atoms with Crippen molar-refractivity contribution in [2.24, 2.45) is 0 Å². The van der Waals surface area contributed by atoms with E-state index in [0.29, 0.717) is 25.8 Å². The van der Waals surface area contributed by atoms with Crippen LogP contribution >= 0.6 is 0 Å². The molecule has 1 aromatic rings. The number of hydrogen-bond donors (Lipinski definition) is 1. The first-order valence-corrected chi connectivity index (χ1v) is 10.9. The van der Waals surface area contributed by atoms with Crippen molar-refractivity contribution in [2.75, 3.05) is 20.1 Å². The first-order valence-electron chi connectivity index (χ1n) is 10.9. The molecule has 0 radical (unpaired) electrons. The van der Waals surface area contributed by atoms with Crippen molar-refractivity contribution in [2.45, 2.75) is 51.7 Å². The van der Waals surface area contributed by atoms with Crippen LogP contribution in [0.3, 0.4) is 0 Å². The van der Waals surface area contributed by atoms with Crippen LogP contribution in [0.4, 0.5) is 4.79 Å². The number of benzene rings is 1. The summed E-state index contributed by atoms with van der Waals surface area (Å²) >= 11 is 0. The molecule has 1 atom stereocenters. The highest BCUT2D eigenvalue weighted by molar-refractivity contribution is 6.23. The summed E-state index contributed by atoms with van der Waals surface area (Å²) in [6.07, 6.45) is 2.88. The molecule has 1 N–H and O–H groups in total. The molecule has 2 heterocycles. The lowest BCUT2D eigenvalue weighted by Gasteiger charge is -2.29. The number of aldehydes is 1. The molecule has 2 aliphatic rings. The van der Waals surface area contributed by atoms with Gasteiger partial charge in [0.15, 0.2) is 0 Å². The van der Waals surface area contributed by atoms with Gasteiger partial charge in [0, 0.05) is 26.6 Å². The van der Waals surface area contributed by atoms with Crippen LogP contribution in [0.15, 0.2) is 24.3 Å². The van der Waals surface area contributed by atoms with Crippen molar-refractivity contribution >= 4 is 35.7 Å². The lowest BCUT2D eigenvalue weighted by Crippen LogP contribution is -2.48. The highest BCUT2D eigenvalue weighted by atomic mass is 16.6. The fourth-order valence-electron chi connectivity index (χ4n) is 3.94. The van der Waals surface area contributed by atoms with Gasteiger partial charge >= 0.3 is 6.09 Å². The van der Waals surface area contributed by atoms with E-state index in [1.807, 2.05) is 26.8 Å². The number of fused-ring (bicyclic) bond motifs is 1. The summed E-state index contributed by atoms with van der Waals surface area (Å²) in [6.45, 7) is 6.30. The highest BCUT2D eigenvalue weighted by Gasteiger charge is 2.42. The molecule has 1 aromatic carbocycles. The largest absolute Gasteiger partial charge is 0.444 e. The third-order valence-electron chi connectivity index (χ3n) is 5.57. The molecule has 3 rings (SSSR count). The van der Waals surface area contributed by atoms with Crippen molar-refractivity contribution in [1.82, 2.24) is 15.1 Å². The summed E-state index contributed by atoms with van der Waals surface area (Å²) in [6, 6.07) is 3.97. The van der Waals surface area contributed by atoms with Crippen LogP contribution in [-0.2, 0) is 14.3 Å². The van der Waals surface area contributed by atoms with Crippen molar-refractivity contribution < 1.29 is 28.7 Å². The molecule has 1 unspecified atom stereocenters. The Balaban J connectivity index is 1.81. The van der Waals surface area contributed by atoms with Gasteiger partial charge in [-0.25, -0.2) is 4.79 Å². The van der Waals surface area contributed by atoms with E-state index in [9.17, 15) is 24.0 Å². The molecule has 176 valence electrons. The van der Waals surface area contributed by atoms with Crippen molar-refractivity contribution in [3.05, 3.63) is 41.0 Å². The molecule has 0 aliphatic carbocycles. The van der Waals surface area contributed by atoms with Crippen LogP contribution in [0.1, 0.15) is 66.3 Å². The number of carbonyl (C=O) groups excluding carboxylic acids is 5. The van der Waals surface area contributed by atoms with Gasteiger partial charge in [0.2, 0.25) is 5.91 Å². The summed E-state index contributed by atoms with van der Waals surface area (Å²) in [5.41, 5.74) is 1.63. The van der Waals surface area contributed by atoms with Gasteiger partial charge in [-0.1, -0.05) is 12.1 Å². The average Bonchev–Trinajstić information content (AvgIpc) is 3.02. The minimum Gasteiger partial charge on any atom is -0.444 e. The molecule has 0 bridgehead atoms. The van der Waals surface area contributed by atoms with Crippen LogP contribution in [0, 0.1) is 0 Å². The molecule has 33 heavy (non-hydrogen) atoms. The predicted molar refractivity (Wildman–Crippen MR) is 120 cm³/mol. The van der Waals surface area contributed by atoms with Gasteiger partial charge in [0.05, 0.1) is 11.1 Å². The first kappa shape index (κ1) is 24.2. The maximum atomic E-state index is 13.1. The first-order chi connectivity index (χ1) is 15.6. The fourth-order valence-corrected chi connectivity index (χ4v) is 3.94. The summed E-state index contributed by atoms with van der Waals surface area (Å²) in [7, 11) is 1.42. The van der Waals surface area contributed by atoms with Gasteiger partial charge in [-0.15, -0.1) is 0 Å². The van der Waals surface area contributed by atoms with Gasteiger partial charge in [0.25, 0.3) is 11.8 Å². The van der Waals surface area contributed by atoms with E-state index < -0.39 is 29.4 Å². The Kier molecular flexibility index (Phi) is 7.00. The number of ether oxygens (including phenoxy) is 1. The van der Waals surface area contributed by atoms with Crippen molar-refractivity contribution in [3.8, 4) is 0 Å². The third kappa shape index (κ3) is 5.13. The molecule has 0 saturated heterocycles. The molecule has 9 nitrogen and oxygen atoms in total. The summed E-state index contributed by atoms with van der Waals surface area (Å²) < 4.78 is 5.41. The predicted octanol–water partition coefficient (Wildman–Crippen LogP) is 2.40. The van der Waals surface area contributed by atoms with E-state index >= 15 is 0 Å². The van der Waals surface area contributed by atoms with Crippen LogP contribution in [0.25, 0.3) is 5.57 Å². The van der Waals surface area contributed by atoms with E-state index in [-0.39, 0.29) is 30.1 Å². The van der Waals surface area contributed by atoms with Crippen LogP contribution in [0.5, 0.6) is 0 Å². The Labute approximate surface area is 192 Å². The average molecular weight is 456 g/mol. The molecule has 0 spiro atoms. The van der Waals surface area contributed by atoms with Crippen LogP contribution in [-0.4, -0.2) is 71.7 Å². The Morgan fingerprint density at radius 3 is 2.45 bits per heavy atom. The normalized spacial score (nSPS) is 16.8. The number of hydrogen-bond acceptors (Lipinski definition) is 6. The Morgan fingerprint density at radius 2 is 1.88 bits per heavy atom. The second-order valence-corrected chi connectivity index (χ2v) is 9.02. The van der Waals surface area contributed by atoms with E-state index in [1.165, 1.54) is 7.05 Å². The quantitative estimate of drug-likeness (QED) is 0.521. The topological polar surface area (TPSA) is 113 Å². The van der Waals surface area contributed by atoms with Crippen LogP contribution in [0.2, 0.25) is 0 Å². The Hall–Kier alpha value is -3.49. The summed E-state index contributed by atoms with van der Waals surface area (Å²) in [4.78, 5) is 64.0. The maximum Gasteiger partial charge on any atom is 0.410 e. The number of imide groups is 1. The zero-order valence-electron chi connectivity index (χ0n) is 19.3. The molecule has 0 aromatic heterocycles. The maximum absolute atomic E-state index is 13.1. The minimum atomic E-state index is -1.05. The van der Waals surface area contributed by atoms with Crippen LogP contribution < -0.4 is 5.32 Å². The smallest absolute Gasteiger partial charge is 0.410 e. The number of likely N-dealkylation sites (N-methyl/N-ethyl adjacent to an activating group) is 1. The third-order valence-corrected chi connectivity index (χ3v) is 5.57. The Morgan fingerprint density at radius 1 is 1.18 bits per heavy atom. The van der Waals surface area contributed by atoms with E-state index in [1.54, 1.807) is 23.1 Å². The molecular formula is C24H29N3O6. The lowest BCUT2D eigenvalue weighted by atomic mass is 9.96. The summed E-state index contributed by atoms with van der Waals surface area (Å²) in [5.74, 6) is -1.60. The van der Waals surface area contributed by atoms with E-state index in [2.05, 4.69) is 5.32 Å². The monoisotopic (exact) mass is 455 g/mol. The van der Waals surface area contributed by atoms with Crippen molar-refractivity contribution in [1.29, 1.82) is 0 Å². The number of rotatable bonds is 6. The van der Waals surface area contributed by atoms with Gasteiger partial charge in [0.1, 0.15) is 17.9 Å². The lowest BCUT2D eigenvalue weighted by molar-refractivity contribution is -0.124. The number of carbonyl (C=O) groups is 5. The highest BCUT2D eigenvalue weighted by Crippen LogP contribution is 2.31. The molecule has 4 amide bonds. The Bertz CT molecular complexity index is 1020. The molecule has 0 fully saturated rings. The standard InChI is InChI=1S/C24H29N3O6/c1-24(2,3)33-23(32)26-11-9-15(10-12-26)16-7-8-17-18(14-16)22(31)27(21(17)30)19(6-5-13-28)20(29)25-4/h7-9,13-14,19H,5-6,10-12H2,1-4H3,(H,25,29). The molecular weight excluding hydrogens is 426 g/mol. The number of amides is 4. The molecule has 9 heteroatoms. The van der Waals surface area contributed by atoms with Gasteiger partial charge in [-0.05, 0) is 56.9 Å². The van der Waals surface area contributed by atoms with E-state index in [4.69, 9.17) is 4.74 Å². The molecule has 2 aliphatic heterocycles. The van der Waals surface area contributed by atoms with Gasteiger partial charge < -0.3 is 19.7 Å². The molecule has 0 saturated carbocycles. The fraction of sp³-hybridized carbons (Fsp3) is 0.458. The zero-order chi connectivity index (χ0) is 24.3. The number of nitrogens with one attached hydrogen (secondary N) is 1. The van der Waals surface area contributed by atoms with E-state index in [0.717, 1.165) is 16.0 Å². The SMILES string of the molecule is CNC(=O)C(CCC=O)N1C(=O)c2ccc(C3=CCN(C(=O)OC(C)(C)C)CC3)cc2C1=O. The van der Waals surface area contributed by atoms with Gasteiger partial charge in [-0.2, -0.15) is 0 Å². The van der Waals surface area contributed by atoms with Crippen molar-refractivity contribution in [3.63, 3.8) is 0 Å². The summed E-state index contributed by atoms with van der Waals surface area (Å²) in [5, 5.41) is 2.46. The minimum absolute atomic E-state index is 0.0533. The number of nitrogens with zero attached hydrogens (tertiary/aromatic N) is 2. The zero-order valence-corrected chi connectivity index (χ0v) is 19.3. The van der Waals surface area contributed by atoms with Gasteiger partial charge in [-0.3, -0.25) is 19.3 Å². The second kappa shape index (κ2) is 9.56. The second-order valence-electron chi connectivity index (χ2n) is 9.02.